The minimum Gasteiger partial charge on any atom is -0.481 e. The molecule has 0 fully saturated rings. The highest BCUT2D eigenvalue weighted by Gasteiger charge is 2.29. The van der Waals surface area contributed by atoms with Gasteiger partial charge in [0.25, 0.3) is 0 Å². The molecule has 0 aliphatic carbocycles. The van der Waals surface area contributed by atoms with Crippen molar-refractivity contribution in [3.63, 3.8) is 0 Å². The molecule has 9 heteroatoms. The number of aryl methyl sites for hydroxylation is 1. The van der Waals surface area contributed by atoms with Crippen LogP contribution in [0.4, 0.5) is 0 Å². The van der Waals surface area contributed by atoms with E-state index in [0.29, 0.717) is 30.2 Å². The van der Waals surface area contributed by atoms with Gasteiger partial charge in [-0.1, -0.05) is 11.6 Å². The average Bonchev–Trinajstić information content (AvgIpc) is 2.95. The van der Waals surface area contributed by atoms with Crippen molar-refractivity contribution in [1.82, 2.24) is 14.1 Å². The van der Waals surface area contributed by atoms with Crippen molar-refractivity contribution in [2.75, 3.05) is 6.54 Å². The molecule has 1 aromatic heterocycles. The summed E-state index contributed by atoms with van der Waals surface area (Å²) in [7, 11) is -3.60. The first-order chi connectivity index (χ1) is 11.4. The first-order valence-electron chi connectivity index (χ1n) is 7.39. The highest BCUT2D eigenvalue weighted by molar-refractivity contribution is 7.89. The maximum Gasteiger partial charge on any atom is 0.303 e. The van der Waals surface area contributed by atoms with Gasteiger partial charge in [-0.3, -0.25) is 9.48 Å². The Kier molecular flexibility index (Phi) is 4.62. The molecular formula is C15H16ClN3O4S. The van der Waals surface area contributed by atoms with Crippen LogP contribution >= 0.6 is 11.6 Å². The number of aliphatic carboxylic acids is 1. The van der Waals surface area contributed by atoms with Crippen LogP contribution in [0.2, 0.25) is 5.02 Å². The molecule has 0 radical (unpaired) electrons. The maximum absolute atomic E-state index is 12.7. The average molecular weight is 370 g/mol. The van der Waals surface area contributed by atoms with E-state index < -0.39 is 16.0 Å². The lowest BCUT2D eigenvalue weighted by Crippen LogP contribution is -2.38. The first kappa shape index (κ1) is 16.9. The van der Waals surface area contributed by atoms with Gasteiger partial charge in [0.05, 0.1) is 35.8 Å². The third-order valence-electron chi connectivity index (χ3n) is 3.86. The number of sulfonamides is 1. The third kappa shape index (κ3) is 3.45. The molecule has 3 rings (SSSR count). The molecule has 0 spiro atoms. The second-order valence-corrected chi connectivity index (χ2v) is 7.91. The van der Waals surface area contributed by atoms with Crippen LogP contribution in [0.5, 0.6) is 0 Å². The number of halogens is 1. The largest absolute Gasteiger partial charge is 0.481 e. The van der Waals surface area contributed by atoms with Gasteiger partial charge in [0.15, 0.2) is 0 Å². The Morgan fingerprint density at radius 1 is 1.25 bits per heavy atom. The lowest BCUT2D eigenvalue weighted by Gasteiger charge is -2.26. The Hall–Kier alpha value is -1.90. The SMILES string of the molecule is O=C(O)CCc1cc2n(n1)CCN(S(=O)(=O)c1ccc(Cl)cc1)C2. The second kappa shape index (κ2) is 6.54. The Morgan fingerprint density at radius 3 is 2.62 bits per heavy atom. The number of carboxylic acids is 1. The fourth-order valence-electron chi connectivity index (χ4n) is 2.62. The molecule has 0 saturated heterocycles. The van der Waals surface area contributed by atoms with Gasteiger partial charge in [-0.05, 0) is 30.3 Å². The Bertz CT molecular complexity index is 861. The van der Waals surface area contributed by atoms with Crippen molar-refractivity contribution in [3.05, 3.63) is 46.7 Å². The van der Waals surface area contributed by atoms with Crippen molar-refractivity contribution < 1.29 is 18.3 Å². The second-order valence-electron chi connectivity index (χ2n) is 5.54. The van der Waals surface area contributed by atoms with Crippen LogP contribution in [-0.2, 0) is 34.3 Å². The number of benzene rings is 1. The van der Waals surface area contributed by atoms with Gasteiger partial charge in [-0.2, -0.15) is 9.40 Å². The molecular weight excluding hydrogens is 354 g/mol. The summed E-state index contributed by atoms with van der Waals surface area (Å²) >= 11 is 5.81. The molecule has 2 aromatic rings. The lowest BCUT2D eigenvalue weighted by molar-refractivity contribution is -0.136. The summed E-state index contributed by atoms with van der Waals surface area (Å²) in [4.78, 5) is 10.8. The van der Waals surface area contributed by atoms with Crippen LogP contribution in [0.25, 0.3) is 0 Å². The highest BCUT2D eigenvalue weighted by Crippen LogP contribution is 2.23. The molecule has 1 aromatic carbocycles. The Balaban J connectivity index is 1.79. The molecule has 0 bridgehead atoms. The van der Waals surface area contributed by atoms with Gasteiger partial charge < -0.3 is 5.11 Å². The maximum atomic E-state index is 12.7. The quantitative estimate of drug-likeness (QED) is 0.866. The zero-order chi connectivity index (χ0) is 17.3. The summed E-state index contributed by atoms with van der Waals surface area (Å²) in [5, 5.41) is 13.6. The molecule has 1 aliphatic rings. The number of carboxylic acid groups (broad SMARTS) is 1. The van der Waals surface area contributed by atoms with E-state index in [1.165, 1.54) is 16.4 Å². The van der Waals surface area contributed by atoms with Gasteiger partial charge in [-0.15, -0.1) is 0 Å². The van der Waals surface area contributed by atoms with Crippen molar-refractivity contribution in [1.29, 1.82) is 0 Å². The van der Waals surface area contributed by atoms with E-state index >= 15 is 0 Å². The predicted molar refractivity (Wildman–Crippen MR) is 87.2 cm³/mol. The molecule has 0 amide bonds. The summed E-state index contributed by atoms with van der Waals surface area (Å²) < 4.78 is 28.5. The normalized spacial score (nSPS) is 15.2. The number of hydrogen-bond acceptors (Lipinski definition) is 4. The molecule has 2 heterocycles. The van der Waals surface area contributed by atoms with Gasteiger partial charge >= 0.3 is 5.97 Å². The van der Waals surface area contributed by atoms with Crippen LogP contribution in [0.1, 0.15) is 17.8 Å². The molecule has 24 heavy (non-hydrogen) atoms. The first-order valence-corrected chi connectivity index (χ1v) is 9.21. The number of fused-ring (bicyclic) bond motifs is 1. The standard InChI is InChI=1S/C15H16ClN3O4S/c16-11-1-4-14(5-2-11)24(22,23)18-7-8-19-13(10-18)9-12(17-19)3-6-15(20)21/h1-2,4-5,9H,3,6-8,10H2,(H,20,21). The van der Waals surface area contributed by atoms with E-state index in [9.17, 15) is 13.2 Å². The summed E-state index contributed by atoms with van der Waals surface area (Å²) in [6.07, 6.45) is 0.336. The van der Waals surface area contributed by atoms with Crippen molar-refractivity contribution >= 4 is 27.6 Å². The topological polar surface area (TPSA) is 92.5 Å². The molecule has 0 unspecified atom stereocenters. The third-order valence-corrected chi connectivity index (χ3v) is 5.97. The highest BCUT2D eigenvalue weighted by atomic mass is 35.5. The number of carbonyl (C=O) groups is 1. The monoisotopic (exact) mass is 369 g/mol. The van der Waals surface area contributed by atoms with E-state index in [0.717, 1.165) is 5.69 Å². The van der Waals surface area contributed by atoms with Crippen molar-refractivity contribution in [2.24, 2.45) is 0 Å². The summed E-state index contributed by atoms with van der Waals surface area (Å²) in [5.41, 5.74) is 1.43. The number of nitrogens with zero attached hydrogens (tertiary/aromatic N) is 3. The molecule has 1 aliphatic heterocycles. The van der Waals surface area contributed by atoms with Crippen molar-refractivity contribution in [3.8, 4) is 0 Å². The van der Waals surface area contributed by atoms with Gasteiger partial charge in [0.2, 0.25) is 10.0 Å². The minimum absolute atomic E-state index is 0.00322. The van der Waals surface area contributed by atoms with Crippen LogP contribution in [-0.4, -0.2) is 40.1 Å². The lowest BCUT2D eigenvalue weighted by atomic mass is 10.2. The Labute approximate surface area is 144 Å². The number of aromatic nitrogens is 2. The van der Waals surface area contributed by atoms with Crippen LogP contribution in [0.15, 0.2) is 35.2 Å². The fourth-order valence-corrected chi connectivity index (χ4v) is 4.15. The smallest absolute Gasteiger partial charge is 0.303 e. The van der Waals surface area contributed by atoms with Gasteiger partial charge in [-0.25, -0.2) is 8.42 Å². The van der Waals surface area contributed by atoms with E-state index in [2.05, 4.69) is 5.10 Å². The fraction of sp³-hybridized carbons (Fsp3) is 0.333. The predicted octanol–water partition coefficient (Wildman–Crippen LogP) is 1.76. The minimum atomic E-state index is -3.60. The zero-order valence-corrected chi connectivity index (χ0v) is 14.3. The van der Waals surface area contributed by atoms with Crippen LogP contribution in [0, 0.1) is 0 Å². The number of rotatable bonds is 5. The molecule has 0 saturated carbocycles. The Morgan fingerprint density at radius 2 is 1.96 bits per heavy atom. The molecule has 7 nitrogen and oxygen atoms in total. The number of hydrogen-bond donors (Lipinski definition) is 1. The van der Waals surface area contributed by atoms with Gasteiger partial charge in [0.1, 0.15) is 0 Å². The van der Waals surface area contributed by atoms with Gasteiger partial charge in [0, 0.05) is 18.0 Å². The van der Waals surface area contributed by atoms with Crippen LogP contribution < -0.4 is 0 Å². The van der Waals surface area contributed by atoms with Crippen LogP contribution in [0.3, 0.4) is 0 Å². The van der Waals surface area contributed by atoms with E-state index in [-0.39, 0.29) is 17.9 Å². The van der Waals surface area contributed by atoms with E-state index in [4.69, 9.17) is 16.7 Å². The molecule has 0 atom stereocenters. The summed E-state index contributed by atoms with van der Waals surface area (Å²) in [6.45, 7) is 0.971. The van der Waals surface area contributed by atoms with Crippen molar-refractivity contribution in [2.45, 2.75) is 30.8 Å². The molecule has 128 valence electrons. The van der Waals surface area contributed by atoms with E-state index in [1.807, 2.05) is 0 Å². The summed E-state index contributed by atoms with van der Waals surface area (Å²) in [5.74, 6) is -0.882. The van der Waals surface area contributed by atoms with E-state index in [1.54, 1.807) is 22.9 Å². The summed E-state index contributed by atoms with van der Waals surface area (Å²) in [6, 6.07) is 7.84. The zero-order valence-electron chi connectivity index (χ0n) is 12.7. The molecule has 1 N–H and O–H groups in total.